The highest BCUT2D eigenvalue weighted by molar-refractivity contribution is 5.66. The summed E-state index contributed by atoms with van der Waals surface area (Å²) in [5.74, 6) is 0. The van der Waals surface area contributed by atoms with E-state index in [-0.39, 0.29) is 0 Å². The first-order chi connectivity index (χ1) is 8.34. The summed E-state index contributed by atoms with van der Waals surface area (Å²) in [6, 6.07) is 4.10. The fraction of sp³-hybridized carbons (Fsp3) is 0.286. The first-order valence-electron chi connectivity index (χ1n) is 5.99. The number of pyridine rings is 2. The molecule has 0 amide bonds. The molecular weight excluding hydrogens is 210 g/mol. The zero-order chi connectivity index (χ0) is 11.7. The fourth-order valence-corrected chi connectivity index (χ4v) is 2.38. The van der Waals surface area contributed by atoms with Gasteiger partial charge in [0.1, 0.15) is 0 Å². The molecule has 0 unspecified atom stereocenters. The second-order valence-corrected chi connectivity index (χ2v) is 4.43. The molecule has 1 N–H and O–H groups in total. The average molecular weight is 225 g/mol. The monoisotopic (exact) mass is 225 g/mol. The third-order valence-corrected chi connectivity index (χ3v) is 3.32. The summed E-state index contributed by atoms with van der Waals surface area (Å²) in [5.41, 5.74) is 6.13. The maximum atomic E-state index is 4.37. The molecule has 86 valence electrons. The number of aromatic nitrogens is 2. The molecule has 0 aromatic carbocycles. The molecule has 0 saturated heterocycles. The quantitative estimate of drug-likeness (QED) is 0.749. The lowest BCUT2D eigenvalue weighted by molar-refractivity contribution is 0.803. The molecule has 3 nitrogen and oxygen atoms in total. The van der Waals surface area contributed by atoms with E-state index in [1.165, 1.54) is 22.5 Å². The topological polar surface area (TPSA) is 37.8 Å². The van der Waals surface area contributed by atoms with Crippen LogP contribution in [0.2, 0.25) is 0 Å². The van der Waals surface area contributed by atoms with Crippen LogP contribution in [0.4, 0.5) is 11.4 Å². The number of hydrogen-bond donors (Lipinski definition) is 1. The van der Waals surface area contributed by atoms with Gasteiger partial charge in [0.25, 0.3) is 0 Å². The minimum Gasteiger partial charge on any atom is -0.355 e. The van der Waals surface area contributed by atoms with Crippen molar-refractivity contribution in [3.63, 3.8) is 0 Å². The molecule has 1 aliphatic rings. The molecule has 2 aromatic rings. The molecule has 3 heteroatoms. The maximum absolute atomic E-state index is 4.37. The van der Waals surface area contributed by atoms with Crippen molar-refractivity contribution in [3.8, 4) is 0 Å². The van der Waals surface area contributed by atoms with Gasteiger partial charge < -0.3 is 5.32 Å². The lowest BCUT2D eigenvalue weighted by Crippen LogP contribution is -2.07. The number of aryl methyl sites for hydroxylation is 2. The first kappa shape index (κ1) is 10.3. The Morgan fingerprint density at radius 3 is 2.94 bits per heavy atom. The molecule has 2 aromatic heterocycles. The van der Waals surface area contributed by atoms with Crippen LogP contribution in [0.25, 0.3) is 0 Å². The number of rotatable bonds is 0. The number of nitrogens with zero attached hydrogens (tertiary/aromatic N) is 2. The third kappa shape index (κ3) is 1.88. The van der Waals surface area contributed by atoms with Crippen LogP contribution < -0.4 is 5.32 Å². The molecule has 0 aliphatic carbocycles. The van der Waals surface area contributed by atoms with Crippen molar-refractivity contribution in [1.82, 2.24) is 9.97 Å². The van der Waals surface area contributed by atoms with Crippen molar-refractivity contribution in [1.29, 1.82) is 0 Å². The van der Waals surface area contributed by atoms with Crippen LogP contribution in [0, 0.1) is 6.92 Å². The Kier molecular flexibility index (Phi) is 2.52. The standard InChI is InChI=1S/C14H15N3/c1-10-12-4-2-3-11-9-15-7-5-13(11)17-14(12)6-8-16-10/h5-9,17H,2-4H2,1H3. The van der Waals surface area contributed by atoms with E-state index in [4.69, 9.17) is 0 Å². The normalized spacial score (nSPS) is 13.9. The lowest BCUT2D eigenvalue weighted by atomic mass is 9.99. The van der Waals surface area contributed by atoms with Crippen LogP contribution in [0.3, 0.4) is 0 Å². The second-order valence-electron chi connectivity index (χ2n) is 4.43. The van der Waals surface area contributed by atoms with E-state index in [0.29, 0.717) is 0 Å². The summed E-state index contributed by atoms with van der Waals surface area (Å²) < 4.78 is 0. The van der Waals surface area contributed by atoms with Gasteiger partial charge in [-0.05, 0) is 49.4 Å². The summed E-state index contributed by atoms with van der Waals surface area (Å²) in [4.78, 5) is 8.56. The van der Waals surface area contributed by atoms with Gasteiger partial charge in [-0.2, -0.15) is 0 Å². The number of anilines is 2. The lowest BCUT2D eigenvalue weighted by Gasteiger charge is -2.19. The smallest absolute Gasteiger partial charge is 0.0450 e. The summed E-state index contributed by atoms with van der Waals surface area (Å²) in [7, 11) is 0. The summed E-state index contributed by atoms with van der Waals surface area (Å²) >= 11 is 0. The van der Waals surface area contributed by atoms with Crippen molar-refractivity contribution < 1.29 is 0 Å². The third-order valence-electron chi connectivity index (χ3n) is 3.32. The Balaban J connectivity index is 2.09. The van der Waals surface area contributed by atoms with Crippen molar-refractivity contribution in [2.75, 3.05) is 5.32 Å². The van der Waals surface area contributed by atoms with Gasteiger partial charge in [0.2, 0.25) is 0 Å². The molecule has 0 spiro atoms. The van der Waals surface area contributed by atoms with E-state index in [1.807, 2.05) is 24.7 Å². The van der Waals surface area contributed by atoms with E-state index < -0.39 is 0 Å². The Morgan fingerprint density at radius 2 is 2.00 bits per heavy atom. The van der Waals surface area contributed by atoms with Gasteiger partial charge in [0, 0.05) is 35.7 Å². The summed E-state index contributed by atoms with van der Waals surface area (Å²) in [6.45, 7) is 2.08. The zero-order valence-corrected chi connectivity index (χ0v) is 9.90. The van der Waals surface area contributed by atoms with E-state index in [0.717, 1.165) is 25.0 Å². The molecule has 0 saturated carbocycles. The highest BCUT2D eigenvalue weighted by Crippen LogP contribution is 2.29. The van der Waals surface area contributed by atoms with Gasteiger partial charge in [0.05, 0.1) is 0 Å². The van der Waals surface area contributed by atoms with E-state index in [2.05, 4.69) is 28.3 Å². The van der Waals surface area contributed by atoms with Gasteiger partial charge in [0.15, 0.2) is 0 Å². The van der Waals surface area contributed by atoms with Crippen molar-refractivity contribution in [2.45, 2.75) is 26.2 Å². The average Bonchev–Trinajstić information content (AvgIpc) is 2.31. The fourth-order valence-electron chi connectivity index (χ4n) is 2.38. The Bertz CT molecular complexity index is 549. The highest BCUT2D eigenvalue weighted by Gasteiger charge is 2.12. The van der Waals surface area contributed by atoms with Crippen LogP contribution in [-0.2, 0) is 12.8 Å². The summed E-state index contributed by atoms with van der Waals surface area (Å²) in [6.07, 6.45) is 8.96. The molecule has 17 heavy (non-hydrogen) atoms. The maximum Gasteiger partial charge on any atom is 0.0450 e. The van der Waals surface area contributed by atoms with Gasteiger partial charge in [-0.3, -0.25) is 9.97 Å². The van der Waals surface area contributed by atoms with Gasteiger partial charge in [-0.15, -0.1) is 0 Å². The first-order valence-corrected chi connectivity index (χ1v) is 5.99. The largest absolute Gasteiger partial charge is 0.355 e. The van der Waals surface area contributed by atoms with Crippen molar-refractivity contribution in [3.05, 3.63) is 47.5 Å². The molecule has 3 heterocycles. The van der Waals surface area contributed by atoms with E-state index >= 15 is 0 Å². The number of nitrogens with one attached hydrogen (secondary N) is 1. The van der Waals surface area contributed by atoms with Crippen LogP contribution in [0.1, 0.15) is 23.2 Å². The zero-order valence-electron chi connectivity index (χ0n) is 9.90. The van der Waals surface area contributed by atoms with Gasteiger partial charge in [-0.1, -0.05) is 0 Å². The Labute approximate surface area is 101 Å². The molecule has 0 bridgehead atoms. The van der Waals surface area contributed by atoms with Crippen molar-refractivity contribution in [2.24, 2.45) is 0 Å². The van der Waals surface area contributed by atoms with Gasteiger partial charge >= 0.3 is 0 Å². The molecule has 0 radical (unpaired) electrons. The van der Waals surface area contributed by atoms with E-state index in [1.54, 1.807) is 0 Å². The number of fused-ring (bicyclic) bond motifs is 2. The predicted molar refractivity (Wildman–Crippen MR) is 68.5 cm³/mol. The van der Waals surface area contributed by atoms with Crippen LogP contribution >= 0.6 is 0 Å². The molecule has 3 rings (SSSR count). The molecule has 0 atom stereocenters. The minimum absolute atomic E-state index is 1.07. The second kappa shape index (κ2) is 4.17. The molecule has 1 aliphatic heterocycles. The summed E-state index contributed by atoms with van der Waals surface area (Å²) in [5, 5.41) is 3.50. The van der Waals surface area contributed by atoms with Crippen LogP contribution in [0.15, 0.2) is 30.7 Å². The van der Waals surface area contributed by atoms with Crippen molar-refractivity contribution >= 4 is 11.4 Å². The Morgan fingerprint density at radius 1 is 1.12 bits per heavy atom. The van der Waals surface area contributed by atoms with Crippen LogP contribution in [-0.4, -0.2) is 9.97 Å². The van der Waals surface area contributed by atoms with E-state index in [9.17, 15) is 0 Å². The van der Waals surface area contributed by atoms with Crippen LogP contribution in [0.5, 0.6) is 0 Å². The SMILES string of the molecule is Cc1nccc2c1CCCc1cnccc1N2. The molecular formula is C14H15N3. The minimum atomic E-state index is 1.07. The Hall–Kier alpha value is -1.90. The number of hydrogen-bond acceptors (Lipinski definition) is 3. The highest BCUT2D eigenvalue weighted by atomic mass is 14.9. The predicted octanol–water partition coefficient (Wildman–Crippen LogP) is 3.02. The molecule has 0 fully saturated rings. The van der Waals surface area contributed by atoms with Gasteiger partial charge in [-0.25, -0.2) is 0 Å².